The molecule has 0 saturated heterocycles. The third-order valence-electron chi connectivity index (χ3n) is 4.83. The Morgan fingerprint density at radius 2 is 2.07 bits per heavy atom. The van der Waals surface area contributed by atoms with Gasteiger partial charge in [0.05, 0.1) is 12.4 Å². The minimum atomic E-state index is -3.14. The normalized spacial score (nSPS) is 15.9. The van der Waals surface area contributed by atoms with Crippen molar-refractivity contribution in [3.8, 4) is 11.5 Å². The van der Waals surface area contributed by atoms with E-state index >= 15 is 0 Å². The van der Waals surface area contributed by atoms with Crippen LogP contribution in [-0.4, -0.2) is 64.3 Å². The number of sulfonamides is 1. The van der Waals surface area contributed by atoms with E-state index in [0.717, 1.165) is 23.5 Å². The van der Waals surface area contributed by atoms with E-state index in [0.29, 0.717) is 38.6 Å². The third-order valence-corrected chi connectivity index (χ3v) is 6.69. The van der Waals surface area contributed by atoms with Crippen molar-refractivity contribution >= 4 is 40.0 Å². The third kappa shape index (κ3) is 7.45. The Morgan fingerprint density at radius 3 is 2.70 bits per heavy atom. The summed E-state index contributed by atoms with van der Waals surface area (Å²) in [6.45, 7) is 7.92. The van der Waals surface area contributed by atoms with E-state index in [1.807, 2.05) is 13.0 Å². The van der Waals surface area contributed by atoms with Crippen molar-refractivity contribution in [1.29, 1.82) is 0 Å². The lowest BCUT2D eigenvalue weighted by molar-refractivity contribution is 0.254. The number of halogens is 1. The van der Waals surface area contributed by atoms with E-state index in [9.17, 15) is 8.42 Å². The van der Waals surface area contributed by atoms with Gasteiger partial charge < -0.3 is 20.1 Å². The summed E-state index contributed by atoms with van der Waals surface area (Å²) in [6, 6.07) is 4.11. The minimum Gasteiger partial charge on any atom is -0.494 e. The van der Waals surface area contributed by atoms with Gasteiger partial charge in [-0.3, -0.25) is 4.99 Å². The van der Waals surface area contributed by atoms with Gasteiger partial charge in [0, 0.05) is 51.3 Å². The van der Waals surface area contributed by atoms with E-state index in [4.69, 9.17) is 9.47 Å². The van der Waals surface area contributed by atoms with E-state index < -0.39 is 10.0 Å². The fourth-order valence-corrected chi connectivity index (χ4v) is 4.03. The molecule has 0 saturated carbocycles. The molecular weight excluding hydrogens is 519 g/mol. The fraction of sp³-hybridized carbons (Fsp3) is 0.650. The molecule has 0 fully saturated rings. The number of ether oxygens (including phenoxy) is 2. The predicted molar refractivity (Wildman–Crippen MR) is 132 cm³/mol. The van der Waals surface area contributed by atoms with Crippen LogP contribution in [0.15, 0.2) is 17.1 Å². The molecule has 1 atom stereocenters. The summed E-state index contributed by atoms with van der Waals surface area (Å²) in [4.78, 5) is 4.24. The van der Waals surface area contributed by atoms with Gasteiger partial charge in [-0.25, -0.2) is 12.7 Å². The first-order valence-corrected chi connectivity index (χ1v) is 11.7. The quantitative estimate of drug-likeness (QED) is 0.200. The Kier molecular flexibility index (Phi) is 11.2. The van der Waals surface area contributed by atoms with Crippen LogP contribution in [0, 0.1) is 0 Å². The fourth-order valence-electron chi connectivity index (χ4n) is 3.18. The lowest BCUT2D eigenvalue weighted by atomic mass is 10.1. The van der Waals surface area contributed by atoms with Crippen molar-refractivity contribution in [2.24, 2.45) is 4.99 Å². The Labute approximate surface area is 197 Å². The lowest BCUT2D eigenvalue weighted by Gasteiger charge is -2.17. The van der Waals surface area contributed by atoms with Gasteiger partial charge in [0.25, 0.3) is 0 Å². The average Bonchev–Trinajstić information content (AvgIpc) is 3.06. The van der Waals surface area contributed by atoms with Gasteiger partial charge in [-0.1, -0.05) is 0 Å². The molecule has 0 spiro atoms. The summed E-state index contributed by atoms with van der Waals surface area (Å²) in [5, 5.41) is 6.51. The van der Waals surface area contributed by atoms with Crippen LogP contribution >= 0.6 is 24.0 Å². The molecule has 2 N–H and O–H groups in total. The highest BCUT2D eigenvalue weighted by Gasteiger charge is 2.22. The second-order valence-electron chi connectivity index (χ2n) is 7.06. The van der Waals surface area contributed by atoms with Crippen LogP contribution in [0.4, 0.5) is 0 Å². The van der Waals surface area contributed by atoms with Crippen molar-refractivity contribution < 1.29 is 17.9 Å². The van der Waals surface area contributed by atoms with Gasteiger partial charge in [-0.2, -0.15) is 0 Å². The van der Waals surface area contributed by atoms with E-state index in [1.54, 1.807) is 21.0 Å². The summed E-state index contributed by atoms with van der Waals surface area (Å²) in [7, 11) is 0.181. The van der Waals surface area contributed by atoms with Crippen LogP contribution in [0.5, 0.6) is 11.5 Å². The molecule has 30 heavy (non-hydrogen) atoms. The zero-order chi connectivity index (χ0) is 21.4. The molecule has 1 aromatic rings. The van der Waals surface area contributed by atoms with Crippen molar-refractivity contribution in [2.45, 2.75) is 46.3 Å². The van der Waals surface area contributed by atoms with Gasteiger partial charge in [0.15, 0.2) is 5.96 Å². The molecule has 1 aliphatic heterocycles. The second kappa shape index (κ2) is 12.6. The molecule has 8 nitrogen and oxygen atoms in total. The SMILES string of the molecule is CCOc1cc2c(cc1CNC(=NC)NCCCN(C)S(=O)(=O)CC)OC(C)C2.I. The van der Waals surface area contributed by atoms with Crippen LogP contribution < -0.4 is 20.1 Å². The number of hydrogen-bond acceptors (Lipinski definition) is 5. The first-order chi connectivity index (χ1) is 13.8. The number of guanidine groups is 1. The zero-order valence-corrected chi connectivity index (χ0v) is 21.7. The number of hydrogen-bond donors (Lipinski definition) is 2. The Morgan fingerprint density at radius 1 is 1.33 bits per heavy atom. The maximum absolute atomic E-state index is 11.8. The predicted octanol–water partition coefficient (Wildman–Crippen LogP) is 2.36. The van der Waals surface area contributed by atoms with Crippen LogP contribution in [0.2, 0.25) is 0 Å². The molecule has 0 amide bonds. The average molecular weight is 554 g/mol. The van der Waals surface area contributed by atoms with Gasteiger partial charge in [-0.05, 0) is 39.3 Å². The maximum atomic E-state index is 11.8. The van der Waals surface area contributed by atoms with Crippen molar-refractivity contribution in [3.63, 3.8) is 0 Å². The van der Waals surface area contributed by atoms with Gasteiger partial charge in [-0.15, -0.1) is 24.0 Å². The van der Waals surface area contributed by atoms with E-state index in [2.05, 4.69) is 28.6 Å². The molecule has 0 bridgehead atoms. The molecule has 0 aromatic heterocycles. The summed E-state index contributed by atoms with van der Waals surface area (Å²) in [5.41, 5.74) is 2.19. The number of aliphatic imine (C=N–C) groups is 1. The van der Waals surface area contributed by atoms with Crippen molar-refractivity contribution in [1.82, 2.24) is 14.9 Å². The highest BCUT2D eigenvalue weighted by molar-refractivity contribution is 14.0. The highest BCUT2D eigenvalue weighted by atomic mass is 127. The smallest absolute Gasteiger partial charge is 0.213 e. The molecule has 1 aromatic carbocycles. The van der Waals surface area contributed by atoms with Crippen molar-refractivity contribution in [3.05, 3.63) is 23.3 Å². The molecule has 1 aliphatic rings. The summed E-state index contributed by atoms with van der Waals surface area (Å²) >= 11 is 0. The number of nitrogens with one attached hydrogen (secondary N) is 2. The van der Waals surface area contributed by atoms with Crippen LogP contribution in [0.3, 0.4) is 0 Å². The summed E-state index contributed by atoms with van der Waals surface area (Å²) < 4.78 is 36.6. The molecule has 2 rings (SSSR count). The second-order valence-corrected chi connectivity index (χ2v) is 9.43. The van der Waals surface area contributed by atoms with Crippen LogP contribution in [0.1, 0.15) is 38.3 Å². The first kappa shape index (κ1) is 26.8. The summed E-state index contributed by atoms with van der Waals surface area (Å²) in [6.07, 6.45) is 1.77. The number of nitrogens with zero attached hydrogens (tertiary/aromatic N) is 2. The highest BCUT2D eigenvalue weighted by Crippen LogP contribution is 2.35. The molecule has 172 valence electrons. The van der Waals surface area contributed by atoms with Gasteiger partial charge in [0.2, 0.25) is 10.0 Å². The molecule has 0 aliphatic carbocycles. The van der Waals surface area contributed by atoms with Gasteiger partial charge >= 0.3 is 0 Å². The molecule has 1 heterocycles. The van der Waals surface area contributed by atoms with Crippen LogP contribution in [-0.2, 0) is 23.0 Å². The molecule has 10 heteroatoms. The monoisotopic (exact) mass is 554 g/mol. The summed E-state index contributed by atoms with van der Waals surface area (Å²) in [5.74, 6) is 2.55. The molecule has 0 radical (unpaired) electrons. The Bertz CT molecular complexity index is 817. The van der Waals surface area contributed by atoms with E-state index in [1.165, 1.54) is 9.87 Å². The van der Waals surface area contributed by atoms with Crippen LogP contribution in [0.25, 0.3) is 0 Å². The Hall–Kier alpha value is -1.27. The number of rotatable bonds is 10. The topological polar surface area (TPSA) is 92.3 Å². The number of fused-ring (bicyclic) bond motifs is 1. The minimum absolute atomic E-state index is 0. The van der Waals surface area contributed by atoms with Crippen molar-refractivity contribution in [2.75, 3.05) is 39.5 Å². The maximum Gasteiger partial charge on any atom is 0.213 e. The van der Waals surface area contributed by atoms with Gasteiger partial charge in [0.1, 0.15) is 17.6 Å². The first-order valence-electron chi connectivity index (χ1n) is 10.1. The zero-order valence-electron chi connectivity index (χ0n) is 18.5. The standard InChI is InChI=1S/C20H34N4O4S.HI/c1-6-27-18-12-16-11-15(3)28-19(16)13-17(18)14-23-20(21-4)22-9-8-10-24(5)29(25,26)7-2;/h12-13,15H,6-11,14H2,1-5H3,(H2,21,22,23);1H. The van der Waals surface area contributed by atoms with E-state index in [-0.39, 0.29) is 35.8 Å². The molecule has 1 unspecified atom stereocenters. The number of benzene rings is 1. The largest absolute Gasteiger partial charge is 0.494 e. The lowest BCUT2D eigenvalue weighted by Crippen LogP contribution is -2.38. The molecular formula is C20H35IN4O4S. The Balaban J connectivity index is 0.00000450.